The first-order valence-corrected chi connectivity index (χ1v) is 9.69. The average Bonchev–Trinajstić information content (AvgIpc) is 2.64. The second kappa shape index (κ2) is 9.63. The summed E-state index contributed by atoms with van der Waals surface area (Å²) < 4.78 is 6.06. The lowest BCUT2D eigenvalue weighted by molar-refractivity contribution is -0.120. The van der Waals surface area contributed by atoms with Gasteiger partial charge in [0, 0.05) is 5.75 Å². The lowest BCUT2D eigenvalue weighted by Gasteiger charge is -2.10. The van der Waals surface area contributed by atoms with Crippen molar-refractivity contribution in [2.24, 2.45) is 5.10 Å². The monoisotopic (exact) mass is 420 g/mol. The molecule has 2 aromatic rings. The van der Waals surface area contributed by atoms with Crippen LogP contribution in [0, 0.1) is 0 Å². The molecule has 0 aliphatic rings. The van der Waals surface area contributed by atoms with Crippen molar-refractivity contribution in [1.29, 1.82) is 0 Å². The second-order valence-electron chi connectivity index (χ2n) is 5.46. The molecule has 0 radical (unpaired) electrons. The number of ether oxygens (including phenoxy) is 1. The van der Waals surface area contributed by atoms with Crippen molar-refractivity contribution in [1.82, 2.24) is 5.43 Å². The van der Waals surface area contributed by atoms with Crippen LogP contribution in [-0.4, -0.2) is 24.0 Å². The van der Waals surface area contributed by atoms with Crippen LogP contribution in [0.3, 0.4) is 0 Å². The number of thioether (sulfide) groups is 1. The molecule has 0 heterocycles. The Bertz CT molecular complexity index is 750. The number of hydrogen-bond acceptors (Lipinski definition) is 4. The summed E-state index contributed by atoms with van der Waals surface area (Å²) in [7, 11) is 1.62. The molecule has 1 unspecified atom stereocenters. The Balaban J connectivity index is 1.90. The van der Waals surface area contributed by atoms with Crippen molar-refractivity contribution in [3.63, 3.8) is 0 Å². The zero-order valence-corrected chi connectivity index (χ0v) is 16.9. The third-order valence-electron chi connectivity index (χ3n) is 3.62. The molecule has 6 heteroatoms. The van der Waals surface area contributed by atoms with Gasteiger partial charge in [0.05, 0.1) is 22.5 Å². The summed E-state index contributed by atoms with van der Waals surface area (Å²) in [6.07, 6.45) is 0. The van der Waals surface area contributed by atoms with E-state index in [0.717, 1.165) is 27.3 Å². The van der Waals surface area contributed by atoms with E-state index in [4.69, 9.17) is 4.74 Å². The van der Waals surface area contributed by atoms with E-state index < -0.39 is 0 Å². The number of amides is 1. The number of rotatable bonds is 7. The quantitative estimate of drug-likeness (QED) is 0.524. The highest BCUT2D eigenvalue weighted by molar-refractivity contribution is 9.10. The lowest BCUT2D eigenvalue weighted by atomic mass is 10.1. The fourth-order valence-corrected chi connectivity index (χ4v) is 3.44. The third-order valence-corrected chi connectivity index (χ3v) is 5.45. The van der Waals surface area contributed by atoms with E-state index in [9.17, 15) is 4.79 Å². The van der Waals surface area contributed by atoms with Crippen molar-refractivity contribution in [2.45, 2.75) is 24.9 Å². The van der Waals surface area contributed by atoms with Gasteiger partial charge in [-0.05, 0) is 59.1 Å². The number of hydrazone groups is 1. The summed E-state index contributed by atoms with van der Waals surface area (Å²) in [4.78, 5) is 12.2. The van der Waals surface area contributed by atoms with Gasteiger partial charge in [0.15, 0.2) is 0 Å². The summed E-state index contributed by atoms with van der Waals surface area (Å²) in [5.41, 5.74) is 5.50. The first-order valence-electron chi connectivity index (χ1n) is 7.85. The lowest BCUT2D eigenvalue weighted by Crippen LogP contribution is -2.27. The molecule has 0 aliphatic heterocycles. The van der Waals surface area contributed by atoms with E-state index in [-0.39, 0.29) is 11.2 Å². The minimum atomic E-state index is -0.181. The molecule has 0 bridgehead atoms. The first-order chi connectivity index (χ1) is 12.0. The number of methoxy groups -OCH3 is 1. The molecular weight excluding hydrogens is 400 g/mol. The number of carbonyl (C=O) groups excluding carboxylic acids is 1. The molecule has 0 spiro atoms. The molecule has 0 saturated carbocycles. The van der Waals surface area contributed by atoms with Crippen molar-refractivity contribution >= 4 is 39.3 Å². The highest BCUT2D eigenvalue weighted by atomic mass is 79.9. The van der Waals surface area contributed by atoms with E-state index in [1.807, 2.05) is 50.2 Å². The number of halogens is 1. The Kier molecular flexibility index (Phi) is 7.52. The van der Waals surface area contributed by atoms with Gasteiger partial charge in [-0.3, -0.25) is 4.79 Å². The van der Waals surface area contributed by atoms with Crippen LogP contribution >= 0.6 is 27.7 Å². The number of carbonyl (C=O) groups is 1. The fourth-order valence-electron chi connectivity index (χ4n) is 2.06. The molecule has 1 N–H and O–H groups in total. The van der Waals surface area contributed by atoms with E-state index in [1.54, 1.807) is 18.9 Å². The number of benzene rings is 2. The van der Waals surface area contributed by atoms with Crippen LogP contribution in [0.2, 0.25) is 0 Å². The average molecular weight is 421 g/mol. The summed E-state index contributed by atoms with van der Waals surface area (Å²) in [6.45, 7) is 3.74. The van der Waals surface area contributed by atoms with E-state index in [0.29, 0.717) is 0 Å². The van der Waals surface area contributed by atoms with Crippen LogP contribution < -0.4 is 10.2 Å². The van der Waals surface area contributed by atoms with Crippen LogP contribution in [0.25, 0.3) is 0 Å². The highest BCUT2D eigenvalue weighted by Crippen LogP contribution is 2.25. The van der Waals surface area contributed by atoms with Gasteiger partial charge in [0.25, 0.3) is 5.91 Å². The van der Waals surface area contributed by atoms with Crippen molar-refractivity contribution in [3.05, 3.63) is 64.1 Å². The highest BCUT2D eigenvalue weighted by Gasteiger charge is 2.13. The molecule has 2 aromatic carbocycles. The SMILES string of the molecule is COc1ccc(/C(C)=N/NC(=O)C(C)SCc2ccccc2)cc1Br. The smallest absolute Gasteiger partial charge is 0.252 e. The zero-order valence-electron chi connectivity index (χ0n) is 14.5. The fraction of sp³-hybridized carbons (Fsp3) is 0.263. The normalized spacial score (nSPS) is 12.6. The topological polar surface area (TPSA) is 50.7 Å². The minimum absolute atomic E-state index is 0.104. The molecular formula is C19H21BrN2O2S. The van der Waals surface area contributed by atoms with Gasteiger partial charge in [0.1, 0.15) is 5.75 Å². The molecule has 1 atom stereocenters. The largest absolute Gasteiger partial charge is 0.496 e. The minimum Gasteiger partial charge on any atom is -0.496 e. The number of nitrogens with zero attached hydrogens (tertiary/aromatic N) is 1. The summed E-state index contributed by atoms with van der Waals surface area (Å²) in [6, 6.07) is 15.8. The maximum Gasteiger partial charge on any atom is 0.252 e. The van der Waals surface area contributed by atoms with E-state index in [2.05, 4.69) is 38.6 Å². The molecule has 4 nitrogen and oxygen atoms in total. The Morgan fingerprint density at radius 2 is 2.00 bits per heavy atom. The van der Waals surface area contributed by atoms with Crippen molar-refractivity contribution in [3.8, 4) is 5.75 Å². The summed E-state index contributed by atoms with van der Waals surface area (Å²) >= 11 is 5.04. The van der Waals surface area contributed by atoms with Gasteiger partial charge in [-0.15, -0.1) is 11.8 Å². The zero-order chi connectivity index (χ0) is 18.2. The molecule has 1 amide bonds. The second-order valence-corrected chi connectivity index (χ2v) is 7.64. The Hall–Kier alpha value is -1.79. The molecule has 0 aromatic heterocycles. The van der Waals surface area contributed by atoms with E-state index in [1.165, 1.54) is 5.56 Å². The molecule has 25 heavy (non-hydrogen) atoms. The number of hydrogen-bond donors (Lipinski definition) is 1. The predicted octanol–water partition coefficient (Wildman–Crippen LogP) is 4.62. The first kappa shape index (κ1) is 19.5. The predicted molar refractivity (Wildman–Crippen MR) is 108 cm³/mol. The Morgan fingerprint density at radius 1 is 1.28 bits per heavy atom. The summed E-state index contributed by atoms with van der Waals surface area (Å²) in [5, 5.41) is 4.03. The molecule has 0 fully saturated rings. The van der Waals surface area contributed by atoms with Gasteiger partial charge >= 0.3 is 0 Å². The molecule has 2 rings (SSSR count). The van der Waals surface area contributed by atoms with Gasteiger partial charge < -0.3 is 4.74 Å². The Morgan fingerprint density at radius 3 is 2.64 bits per heavy atom. The maximum absolute atomic E-state index is 12.2. The standard InChI is InChI=1S/C19H21BrN2O2S/c1-13(16-9-10-18(24-3)17(20)11-16)21-22-19(23)14(2)25-12-15-7-5-4-6-8-15/h4-11,14H,12H2,1-3H3,(H,22,23)/b21-13+. The van der Waals surface area contributed by atoms with Crippen LogP contribution in [0.5, 0.6) is 5.75 Å². The van der Waals surface area contributed by atoms with Crippen molar-refractivity contribution in [2.75, 3.05) is 7.11 Å². The third kappa shape index (κ3) is 5.90. The Labute approximate surface area is 161 Å². The molecule has 0 saturated heterocycles. The maximum atomic E-state index is 12.2. The number of nitrogens with one attached hydrogen (secondary N) is 1. The van der Waals surface area contributed by atoms with Crippen LogP contribution in [0.15, 0.2) is 58.1 Å². The summed E-state index contributed by atoms with van der Waals surface area (Å²) in [5.74, 6) is 1.45. The van der Waals surface area contributed by atoms with Crippen LogP contribution in [0.4, 0.5) is 0 Å². The van der Waals surface area contributed by atoms with Crippen molar-refractivity contribution < 1.29 is 9.53 Å². The van der Waals surface area contributed by atoms with Gasteiger partial charge in [0.2, 0.25) is 0 Å². The van der Waals surface area contributed by atoms with Crippen LogP contribution in [0.1, 0.15) is 25.0 Å². The molecule has 132 valence electrons. The van der Waals surface area contributed by atoms with E-state index >= 15 is 0 Å². The molecule has 0 aliphatic carbocycles. The van der Waals surface area contributed by atoms with Crippen LogP contribution in [-0.2, 0) is 10.5 Å². The van der Waals surface area contributed by atoms with Gasteiger partial charge in [-0.2, -0.15) is 5.10 Å². The van der Waals surface area contributed by atoms with Gasteiger partial charge in [-0.25, -0.2) is 5.43 Å². The van der Waals surface area contributed by atoms with Gasteiger partial charge in [-0.1, -0.05) is 30.3 Å².